The zero-order valence-electron chi connectivity index (χ0n) is 7.03. The van der Waals surface area contributed by atoms with Gasteiger partial charge in [0.25, 0.3) is 5.92 Å². The van der Waals surface area contributed by atoms with Gasteiger partial charge in [0, 0.05) is 5.92 Å². The van der Waals surface area contributed by atoms with Gasteiger partial charge in [-0.2, -0.15) is 0 Å². The third kappa shape index (κ3) is 3.36. The number of rotatable bonds is 4. The molecule has 0 saturated heterocycles. The Hall–Kier alpha value is -0.580. The highest BCUT2D eigenvalue weighted by molar-refractivity contribution is 4.92. The van der Waals surface area contributed by atoms with Crippen molar-refractivity contribution in [3.63, 3.8) is 0 Å². The van der Waals surface area contributed by atoms with Crippen molar-refractivity contribution in [2.45, 2.75) is 39.0 Å². The van der Waals surface area contributed by atoms with E-state index in [9.17, 15) is 8.78 Å². The molecule has 0 fully saturated rings. The maximum absolute atomic E-state index is 12.9. The van der Waals surface area contributed by atoms with E-state index in [4.69, 9.17) is 6.42 Å². The van der Waals surface area contributed by atoms with Crippen molar-refractivity contribution in [1.82, 2.24) is 0 Å². The molecule has 0 aromatic rings. The number of halogens is 2. The normalized spacial score (nSPS) is 14.1. The molecule has 0 amide bonds. The maximum Gasteiger partial charge on any atom is 0.261 e. The van der Waals surface area contributed by atoms with Gasteiger partial charge in [-0.15, -0.1) is 12.3 Å². The van der Waals surface area contributed by atoms with Crippen molar-refractivity contribution in [2.75, 3.05) is 0 Å². The Labute approximate surface area is 67.0 Å². The topological polar surface area (TPSA) is 0 Å². The Morgan fingerprint density at radius 3 is 2.45 bits per heavy atom. The first-order valence-electron chi connectivity index (χ1n) is 3.86. The van der Waals surface area contributed by atoms with Crippen molar-refractivity contribution in [2.24, 2.45) is 5.92 Å². The summed E-state index contributed by atoms with van der Waals surface area (Å²) in [4.78, 5) is 0. The predicted octanol–water partition coefficient (Wildman–Crippen LogP) is 3.08. The van der Waals surface area contributed by atoms with Crippen molar-refractivity contribution in [1.29, 1.82) is 0 Å². The molecule has 0 aromatic carbocycles. The first-order chi connectivity index (χ1) is 5.04. The van der Waals surface area contributed by atoms with E-state index in [2.05, 4.69) is 0 Å². The highest BCUT2D eigenvalue weighted by atomic mass is 19.3. The SMILES string of the molecule is C#CCC(F)(F)C(C)CCC. The van der Waals surface area contributed by atoms with E-state index in [-0.39, 0.29) is 0 Å². The molecule has 0 rings (SSSR count). The summed E-state index contributed by atoms with van der Waals surface area (Å²) in [5.74, 6) is -1.27. The highest BCUT2D eigenvalue weighted by Gasteiger charge is 2.34. The molecule has 0 radical (unpaired) electrons. The van der Waals surface area contributed by atoms with Gasteiger partial charge in [0.1, 0.15) is 0 Å². The third-order valence-electron chi connectivity index (χ3n) is 1.78. The van der Waals surface area contributed by atoms with Crippen LogP contribution in [-0.4, -0.2) is 5.92 Å². The minimum absolute atomic E-state index is 0.436. The van der Waals surface area contributed by atoms with Gasteiger partial charge >= 0.3 is 0 Å². The molecule has 0 heterocycles. The van der Waals surface area contributed by atoms with Crippen LogP contribution < -0.4 is 0 Å². The second kappa shape index (κ2) is 4.33. The van der Waals surface area contributed by atoms with Crippen LogP contribution in [0, 0.1) is 18.3 Å². The van der Waals surface area contributed by atoms with E-state index in [0.29, 0.717) is 6.42 Å². The Bertz CT molecular complexity index is 144. The standard InChI is InChI=1S/C9H14F2/c1-4-6-8(3)9(10,11)7-5-2/h2,8H,4,6-7H2,1,3H3. The van der Waals surface area contributed by atoms with E-state index < -0.39 is 18.3 Å². The molecule has 0 aliphatic rings. The fourth-order valence-corrected chi connectivity index (χ4v) is 0.954. The summed E-state index contributed by atoms with van der Waals surface area (Å²) < 4.78 is 25.7. The van der Waals surface area contributed by atoms with E-state index in [1.165, 1.54) is 0 Å². The fraction of sp³-hybridized carbons (Fsp3) is 0.778. The summed E-state index contributed by atoms with van der Waals surface area (Å²) in [7, 11) is 0. The van der Waals surface area contributed by atoms with Crippen LogP contribution in [0.5, 0.6) is 0 Å². The minimum Gasteiger partial charge on any atom is -0.205 e. The largest absolute Gasteiger partial charge is 0.261 e. The summed E-state index contributed by atoms with van der Waals surface area (Å²) >= 11 is 0. The van der Waals surface area contributed by atoms with Crippen LogP contribution in [0.15, 0.2) is 0 Å². The molecule has 0 spiro atoms. The highest BCUT2D eigenvalue weighted by Crippen LogP contribution is 2.30. The number of alkyl halides is 2. The van der Waals surface area contributed by atoms with Crippen LogP contribution >= 0.6 is 0 Å². The Kier molecular flexibility index (Phi) is 4.10. The van der Waals surface area contributed by atoms with Gasteiger partial charge in [-0.1, -0.05) is 20.3 Å². The fourth-order valence-electron chi connectivity index (χ4n) is 0.954. The van der Waals surface area contributed by atoms with Gasteiger partial charge in [-0.05, 0) is 6.42 Å². The van der Waals surface area contributed by atoms with Crippen molar-refractivity contribution in [3.8, 4) is 12.3 Å². The van der Waals surface area contributed by atoms with Crippen molar-refractivity contribution >= 4 is 0 Å². The molecule has 2 heteroatoms. The molecule has 0 saturated carbocycles. The van der Waals surface area contributed by atoms with Crippen LogP contribution in [-0.2, 0) is 0 Å². The molecule has 1 unspecified atom stereocenters. The van der Waals surface area contributed by atoms with Gasteiger partial charge in [-0.25, -0.2) is 8.78 Å². The van der Waals surface area contributed by atoms with E-state index in [0.717, 1.165) is 6.42 Å². The van der Waals surface area contributed by atoms with Gasteiger partial charge in [-0.3, -0.25) is 0 Å². The first-order valence-corrected chi connectivity index (χ1v) is 3.86. The third-order valence-corrected chi connectivity index (χ3v) is 1.78. The predicted molar refractivity (Wildman–Crippen MR) is 42.5 cm³/mol. The lowest BCUT2D eigenvalue weighted by Gasteiger charge is -2.20. The lowest BCUT2D eigenvalue weighted by Crippen LogP contribution is -2.25. The number of terminal acetylenes is 1. The molecule has 1 atom stereocenters. The summed E-state index contributed by atoms with van der Waals surface area (Å²) in [5.41, 5.74) is 0. The summed E-state index contributed by atoms with van der Waals surface area (Å²) in [6.07, 6.45) is 5.70. The summed E-state index contributed by atoms with van der Waals surface area (Å²) in [6, 6.07) is 0. The van der Waals surface area contributed by atoms with Gasteiger partial charge < -0.3 is 0 Å². The average Bonchev–Trinajstić information content (AvgIpc) is 1.88. The molecule has 0 nitrogen and oxygen atoms in total. The van der Waals surface area contributed by atoms with Crippen molar-refractivity contribution < 1.29 is 8.78 Å². The van der Waals surface area contributed by atoms with Crippen LogP contribution in [0.1, 0.15) is 33.1 Å². The van der Waals surface area contributed by atoms with Crippen LogP contribution in [0.3, 0.4) is 0 Å². The zero-order valence-corrected chi connectivity index (χ0v) is 7.03. The van der Waals surface area contributed by atoms with E-state index in [1.54, 1.807) is 6.92 Å². The molecular weight excluding hydrogens is 146 g/mol. The minimum atomic E-state index is -2.68. The van der Waals surface area contributed by atoms with Gasteiger partial charge in [0.2, 0.25) is 0 Å². The van der Waals surface area contributed by atoms with E-state index >= 15 is 0 Å². The Balaban J connectivity index is 3.96. The number of hydrogen-bond acceptors (Lipinski definition) is 0. The lowest BCUT2D eigenvalue weighted by atomic mass is 9.96. The van der Waals surface area contributed by atoms with E-state index in [1.807, 2.05) is 12.8 Å². The monoisotopic (exact) mass is 160 g/mol. The Morgan fingerprint density at radius 2 is 2.09 bits per heavy atom. The van der Waals surface area contributed by atoms with Crippen LogP contribution in [0.4, 0.5) is 8.78 Å². The van der Waals surface area contributed by atoms with Gasteiger partial charge in [0.05, 0.1) is 6.42 Å². The smallest absolute Gasteiger partial charge is 0.205 e. The molecule has 0 aliphatic carbocycles. The summed E-state index contributed by atoms with van der Waals surface area (Å²) in [5, 5.41) is 0. The molecule has 0 bridgehead atoms. The maximum atomic E-state index is 12.9. The molecule has 64 valence electrons. The summed E-state index contributed by atoms with van der Waals surface area (Å²) in [6.45, 7) is 3.43. The second-order valence-electron chi connectivity index (χ2n) is 2.83. The first kappa shape index (κ1) is 10.4. The zero-order chi connectivity index (χ0) is 8.91. The van der Waals surface area contributed by atoms with Crippen LogP contribution in [0.25, 0.3) is 0 Å². The lowest BCUT2D eigenvalue weighted by molar-refractivity contribution is -0.0492. The van der Waals surface area contributed by atoms with Crippen molar-refractivity contribution in [3.05, 3.63) is 0 Å². The molecule has 11 heavy (non-hydrogen) atoms. The molecule has 0 aromatic heterocycles. The second-order valence-corrected chi connectivity index (χ2v) is 2.83. The molecule has 0 N–H and O–H groups in total. The molecule has 0 aliphatic heterocycles. The van der Waals surface area contributed by atoms with Crippen LogP contribution in [0.2, 0.25) is 0 Å². The number of hydrogen-bond donors (Lipinski definition) is 0. The van der Waals surface area contributed by atoms with Gasteiger partial charge in [0.15, 0.2) is 0 Å². The molecular formula is C9H14F2. The Morgan fingerprint density at radius 1 is 1.55 bits per heavy atom. The quantitative estimate of drug-likeness (QED) is 0.554. The average molecular weight is 160 g/mol.